The van der Waals surface area contributed by atoms with Crippen LogP contribution in [0.25, 0.3) is 0 Å². The molecule has 0 N–H and O–H groups in total. The molecule has 0 saturated carbocycles. The van der Waals surface area contributed by atoms with Crippen molar-refractivity contribution in [3.05, 3.63) is 53.9 Å². The van der Waals surface area contributed by atoms with Gasteiger partial charge in [0.05, 0.1) is 5.41 Å². The molecule has 0 radical (unpaired) electrons. The number of imidazole rings is 1. The quantitative estimate of drug-likeness (QED) is 0.854. The summed E-state index contributed by atoms with van der Waals surface area (Å²) in [6.07, 6.45) is 6.70. The van der Waals surface area contributed by atoms with Crippen LogP contribution in [-0.4, -0.2) is 33.4 Å². The van der Waals surface area contributed by atoms with Crippen LogP contribution in [0.1, 0.15) is 38.1 Å². The van der Waals surface area contributed by atoms with Gasteiger partial charge in [-0.25, -0.2) is 9.37 Å². The third-order valence-electron chi connectivity index (χ3n) is 5.28. The monoisotopic (exact) mass is 343 g/mol. The Bertz CT molecular complexity index is 753. The molecule has 1 unspecified atom stereocenters. The van der Waals surface area contributed by atoms with Gasteiger partial charge in [0.15, 0.2) is 0 Å². The maximum absolute atomic E-state index is 14.2. The molecule has 1 fully saturated rings. The van der Waals surface area contributed by atoms with E-state index in [1.54, 1.807) is 18.2 Å². The van der Waals surface area contributed by atoms with E-state index >= 15 is 0 Å². The van der Waals surface area contributed by atoms with Gasteiger partial charge >= 0.3 is 0 Å². The highest BCUT2D eigenvalue weighted by molar-refractivity contribution is 5.87. The van der Waals surface area contributed by atoms with Gasteiger partial charge in [0, 0.05) is 44.5 Å². The van der Waals surface area contributed by atoms with Crippen LogP contribution in [0.15, 0.2) is 36.7 Å². The molecule has 1 aliphatic rings. The lowest BCUT2D eigenvalue weighted by atomic mass is 9.81. The van der Waals surface area contributed by atoms with E-state index in [1.165, 1.54) is 6.07 Å². The van der Waals surface area contributed by atoms with Crippen LogP contribution in [0.4, 0.5) is 4.39 Å². The highest BCUT2D eigenvalue weighted by atomic mass is 19.1. The molecule has 25 heavy (non-hydrogen) atoms. The fourth-order valence-corrected chi connectivity index (χ4v) is 3.75. The molecule has 4 nitrogen and oxygen atoms in total. The van der Waals surface area contributed by atoms with E-state index in [0.717, 1.165) is 31.6 Å². The van der Waals surface area contributed by atoms with Crippen molar-refractivity contribution in [3.63, 3.8) is 0 Å². The Balaban J connectivity index is 1.73. The summed E-state index contributed by atoms with van der Waals surface area (Å²) in [7, 11) is 2.00. The summed E-state index contributed by atoms with van der Waals surface area (Å²) in [5.41, 5.74) is -0.401. The normalized spacial score (nSPS) is 18.4. The molecule has 0 spiro atoms. The average molecular weight is 343 g/mol. The van der Waals surface area contributed by atoms with Crippen LogP contribution in [0, 0.1) is 11.7 Å². The molecule has 3 rings (SSSR count). The van der Waals surface area contributed by atoms with Gasteiger partial charge in [0.1, 0.15) is 11.6 Å². The standard InChI is InChI=1S/C20H26FN3O/c1-20(2,16-8-4-5-9-17(16)21)19(25)24-11-6-7-15(14-24)13-18-22-10-12-23(18)3/h4-5,8-10,12,15H,6-7,11,13-14H2,1-3H3. The zero-order chi connectivity index (χ0) is 18.0. The van der Waals surface area contributed by atoms with Gasteiger partial charge in [-0.3, -0.25) is 4.79 Å². The largest absolute Gasteiger partial charge is 0.342 e. The predicted molar refractivity (Wildman–Crippen MR) is 95.6 cm³/mol. The number of carbonyl (C=O) groups excluding carboxylic acids is 1. The maximum Gasteiger partial charge on any atom is 0.232 e. The fourth-order valence-electron chi connectivity index (χ4n) is 3.75. The first-order valence-corrected chi connectivity index (χ1v) is 8.90. The van der Waals surface area contributed by atoms with Crippen LogP contribution < -0.4 is 0 Å². The Morgan fingerprint density at radius 1 is 1.36 bits per heavy atom. The summed E-state index contributed by atoms with van der Waals surface area (Å²) >= 11 is 0. The SMILES string of the molecule is Cn1ccnc1CC1CCCN(C(=O)C(C)(C)c2ccccc2F)C1. The number of aromatic nitrogens is 2. The minimum atomic E-state index is -0.865. The van der Waals surface area contributed by atoms with Gasteiger partial charge in [-0.2, -0.15) is 0 Å². The first-order valence-electron chi connectivity index (χ1n) is 8.90. The lowest BCUT2D eigenvalue weighted by Gasteiger charge is -2.38. The number of likely N-dealkylation sites (tertiary alicyclic amines) is 1. The molecule has 1 aromatic heterocycles. The molecule has 1 aliphatic heterocycles. The number of carbonyl (C=O) groups is 1. The van der Waals surface area contributed by atoms with Crippen LogP contribution in [0.5, 0.6) is 0 Å². The van der Waals surface area contributed by atoms with Crippen LogP contribution in [0.2, 0.25) is 0 Å². The molecule has 1 atom stereocenters. The molecule has 0 aliphatic carbocycles. The maximum atomic E-state index is 14.2. The lowest BCUT2D eigenvalue weighted by Crippen LogP contribution is -2.48. The summed E-state index contributed by atoms with van der Waals surface area (Å²) in [6.45, 7) is 5.09. The Hall–Kier alpha value is -2.17. The summed E-state index contributed by atoms with van der Waals surface area (Å²) < 4.78 is 16.2. The molecule has 2 aromatic rings. The number of rotatable bonds is 4. The third-order valence-corrected chi connectivity index (χ3v) is 5.28. The number of nitrogens with zero attached hydrogens (tertiary/aromatic N) is 3. The minimum Gasteiger partial charge on any atom is -0.342 e. The van der Waals surface area contributed by atoms with Crippen LogP contribution >= 0.6 is 0 Å². The lowest BCUT2D eigenvalue weighted by molar-refractivity contribution is -0.138. The number of hydrogen-bond acceptors (Lipinski definition) is 2. The van der Waals surface area contributed by atoms with Gasteiger partial charge in [-0.1, -0.05) is 18.2 Å². The average Bonchev–Trinajstić information content (AvgIpc) is 2.99. The van der Waals surface area contributed by atoms with E-state index in [9.17, 15) is 9.18 Å². The highest BCUT2D eigenvalue weighted by Crippen LogP contribution is 2.30. The summed E-state index contributed by atoms with van der Waals surface area (Å²) in [4.78, 5) is 19.4. The predicted octanol–water partition coefficient (Wildman–Crippen LogP) is 3.32. The zero-order valence-electron chi connectivity index (χ0n) is 15.2. The van der Waals surface area contributed by atoms with Gasteiger partial charge in [-0.15, -0.1) is 0 Å². The Morgan fingerprint density at radius 2 is 2.12 bits per heavy atom. The summed E-state index contributed by atoms with van der Waals surface area (Å²) in [5.74, 6) is 1.13. The minimum absolute atomic E-state index is 0.00198. The Kier molecular flexibility index (Phi) is 4.93. The van der Waals surface area contributed by atoms with E-state index in [0.29, 0.717) is 18.0 Å². The van der Waals surface area contributed by atoms with Crippen LogP contribution in [0.3, 0.4) is 0 Å². The molecular weight excluding hydrogens is 317 g/mol. The molecule has 1 saturated heterocycles. The van der Waals surface area contributed by atoms with Gasteiger partial charge < -0.3 is 9.47 Å². The van der Waals surface area contributed by atoms with Crippen molar-refractivity contribution in [1.82, 2.24) is 14.5 Å². The Morgan fingerprint density at radius 3 is 2.80 bits per heavy atom. The zero-order valence-corrected chi connectivity index (χ0v) is 15.2. The van der Waals surface area contributed by atoms with Crippen molar-refractivity contribution in [3.8, 4) is 0 Å². The molecule has 2 heterocycles. The van der Waals surface area contributed by atoms with Gasteiger partial charge in [-0.05, 0) is 38.7 Å². The Labute approximate surface area is 148 Å². The molecule has 1 amide bonds. The molecule has 1 aromatic carbocycles. The number of piperidine rings is 1. The van der Waals surface area contributed by atoms with Crippen molar-refractivity contribution >= 4 is 5.91 Å². The first-order chi connectivity index (χ1) is 11.9. The van der Waals surface area contributed by atoms with Crippen molar-refractivity contribution in [2.45, 2.75) is 38.5 Å². The summed E-state index contributed by atoms with van der Waals surface area (Å²) in [5, 5.41) is 0. The second-order valence-electron chi connectivity index (χ2n) is 7.52. The fraction of sp³-hybridized carbons (Fsp3) is 0.500. The first kappa shape index (κ1) is 17.6. The van der Waals surface area contributed by atoms with Crippen molar-refractivity contribution in [1.29, 1.82) is 0 Å². The smallest absolute Gasteiger partial charge is 0.232 e. The molecular formula is C20H26FN3O. The van der Waals surface area contributed by atoms with Crippen molar-refractivity contribution < 1.29 is 9.18 Å². The summed E-state index contributed by atoms with van der Waals surface area (Å²) in [6, 6.07) is 6.57. The second-order valence-corrected chi connectivity index (χ2v) is 7.52. The van der Waals surface area contributed by atoms with Gasteiger partial charge in [0.25, 0.3) is 0 Å². The van der Waals surface area contributed by atoms with Gasteiger partial charge in [0.2, 0.25) is 5.91 Å². The van der Waals surface area contributed by atoms with E-state index in [4.69, 9.17) is 0 Å². The van der Waals surface area contributed by atoms with E-state index in [2.05, 4.69) is 4.98 Å². The molecule has 134 valence electrons. The number of hydrogen-bond donors (Lipinski definition) is 0. The highest BCUT2D eigenvalue weighted by Gasteiger charge is 2.37. The van der Waals surface area contributed by atoms with Crippen molar-refractivity contribution in [2.75, 3.05) is 13.1 Å². The number of benzene rings is 1. The second kappa shape index (κ2) is 6.98. The third kappa shape index (κ3) is 3.60. The topological polar surface area (TPSA) is 38.1 Å². The number of amides is 1. The van der Waals surface area contributed by atoms with E-state index in [-0.39, 0.29) is 11.7 Å². The molecule has 0 bridgehead atoms. The van der Waals surface area contributed by atoms with Crippen LogP contribution in [-0.2, 0) is 23.7 Å². The van der Waals surface area contributed by atoms with Crippen molar-refractivity contribution in [2.24, 2.45) is 13.0 Å². The molecule has 5 heteroatoms. The number of aryl methyl sites for hydroxylation is 1. The van der Waals surface area contributed by atoms with E-state index in [1.807, 2.05) is 42.8 Å². The number of halogens is 1. The van der Waals surface area contributed by atoms with E-state index < -0.39 is 5.41 Å².